The lowest BCUT2D eigenvalue weighted by Gasteiger charge is -2.04. The molecule has 3 rings (SSSR count). The third kappa shape index (κ3) is 4.87. The summed E-state index contributed by atoms with van der Waals surface area (Å²) < 4.78 is 4.94. The molecule has 0 amide bonds. The number of nitrogens with zero attached hydrogens (tertiary/aromatic N) is 3. The van der Waals surface area contributed by atoms with Crippen LogP contribution in [0.5, 0.6) is 0 Å². The number of nitriles is 1. The Morgan fingerprint density at radius 3 is 2.57 bits per heavy atom. The van der Waals surface area contributed by atoms with Gasteiger partial charge in [-0.3, -0.25) is 10.1 Å². The van der Waals surface area contributed by atoms with E-state index < -0.39 is 4.92 Å². The number of carbonyl (C=O) groups excluding carboxylic acids is 1. The molecule has 8 nitrogen and oxygen atoms in total. The minimum absolute atomic E-state index is 0.00462. The summed E-state index contributed by atoms with van der Waals surface area (Å²) in [6, 6.07) is 14.9. The lowest BCUT2D eigenvalue weighted by molar-refractivity contribution is -0.384. The average molecular weight is 420 g/mol. The highest BCUT2D eigenvalue weighted by Gasteiger charge is 2.11. The van der Waals surface area contributed by atoms with Gasteiger partial charge in [-0.25, -0.2) is 9.78 Å². The molecular weight excluding hydrogens is 404 g/mol. The third-order valence-electron chi connectivity index (χ3n) is 4.01. The summed E-state index contributed by atoms with van der Waals surface area (Å²) >= 11 is 1.30. The number of nitro groups is 1. The van der Waals surface area contributed by atoms with Crippen LogP contribution in [-0.4, -0.2) is 22.5 Å². The molecule has 1 N–H and O–H groups in total. The molecule has 0 aliphatic rings. The standard InChI is InChI=1S/C21H16N4O4S/c1-2-29-21(26)15-3-7-17(8-4-15)23-12-16(11-22)20-24-19(13-30-20)14-5-9-18(10-6-14)25(27)28/h3-10,12-13,23H,2H2,1H3/b16-12+. The van der Waals surface area contributed by atoms with Crippen molar-refractivity contribution in [3.8, 4) is 17.3 Å². The van der Waals surface area contributed by atoms with Crippen LogP contribution in [0.15, 0.2) is 60.1 Å². The molecule has 0 aliphatic carbocycles. The van der Waals surface area contributed by atoms with Crippen LogP contribution < -0.4 is 5.32 Å². The number of benzene rings is 2. The van der Waals surface area contributed by atoms with Crippen LogP contribution in [-0.2, 0) is 4.74 Å². The Hall–Kier alpha value is -4.03. The number of nitrogens with one attached hydrogen (secondary N) is 1. The molecule has 1 heterocycles. The molecule has 0 atom stereocenters. The van der Waals surface area contributed by atoms with Gasteiger partial charge in [0.1, 0.15) is 16.6 Å². The van der Waals surface area contributed by atoms with Crippen LogP contribution in [0.1, 0.15) is 22.3 Å². The summed E-state index contributed by atoms with van der Waals surface area (Å²) in [5.74, 6) is -0.390. The van der Waals surface area contributed by atoms with Crippen molar-refractivity contribution in [2.45, 2.75) is 6.92 Å². The number of carbonyl (C=O) groups is 1. The number of esters is 1. The summed E-state index contributed by atoms with van der Waals surface area (Å²) in [7, 11) is 0. The van der Waals surface area contributed by atoms with Gasteiger partial charge >= 0.3 is 5.97 Å². The van der Waals surface area contributed by atoms with Crippen LogP contribution in [0.25, 0.3) is 16.8 Å². The molecule has 0 saturated carbocycles. The summed E-state index contributed by atoms with van der Waals surface area (Å²) in [6.07, 6.45) is 1.54. The fourth-order valence-electron chi connectivity index (χ4n) is 2.50. The van der Waals surface area contributed by atoms with E-state index in [1.54, 1.807) is 48.7 Å². The number of hydrogen-bond donors (Lipinski definition) is 1. The number of hydrogen-bond acceptors (Lipinski definition) is 8. The highest BCUT2D eigenvalue weighted by Crippen LogP contribution is 2.27. The zero-order valence-corrected chi connectivity index (χ0v) is 16.7. The van der Waals surface area contributed by atoms with Crippen molar-refractivity contribution in [3.63, 3.8) is 0 Å². The Balaban J connectivity index is 1.73. The van der Waals surface area contributed by atoms with E-state index in [2.05, 4.69) is 16.4 Å². The van der Waals surface area contributed by atoms with E-state index in [-0.39, 0.29) is 11.7 Å². The minimum atomic E-state index is -0.461. The first-order valence-corrected chi connectivity index (χ1v) is 9.74. The molecule has 0 saturated heterocycles. The summed E-state index contributed by atoms with van der Waals surface area (Å²) in [6.45, 7) is 2.05. The van der Waals surface area contributed by atoms with E-state index in [0.717, 1.165) is 5.56 Å². The molecule has 0 bridgehead atoms. The molecule has 9 heteroatoms. The van der Waals surface area contributed by atoms with E-state index in [1.165, 1.54) is 29.7 Å². The van der Waals surface area contributed by atoms with Gasteiger partial charge in [0.15, 0.2) is 0 Å². The van der Waals surface area contributed by atoms with E-state index >= 15 is 0 Å². The van der Waals surface area contributed by atoms with Gasteiger partial charge in [0.25, 0.3) is 5.69 Å². The van der Waals surface area contributed by atoms with Crippen molar-refractivity contribution in [3.05, 3.63) is 80.8 Å². The second kappa shape index (κ2) is 9.45. The summed E-state index contributed by atoms with van der Waals surface area (Å²) in [5.41, 5.74) is 2.84. The molecule has 150 valence electrons. The van der Waals surface area contributed by atoms with Crippen molar-refractivity contribution in [1.82, 2.24) is 4.98 Å². The SMILES string of the molecule is CCOC(=O)c1ccc(N/C=C(\C#N)c2nc(-c3ccc([N+](=O)[O-])cc3)cs2)cc1. The lowest BCUT2D eigenvalue weighted by atomic mass is 10.1. The zero-order valence-electron chi connectivity index (χ0n) is 15.9. The van der Waals surface area contributed by atoms with E-state index in [9.17, 15) is 20.2 Å². The Morgan fingerprint density at radius 2 is 1.97 bits per heavy atom. The van der Waals surface area contributed by atoms with Crippen LogP contribution in [0.3, 0.4) is 0 Å². The topological polar surface area (TPSA) is 118 Å². The Morgan fingerprint density at radius 1 is 1.27 bits per heavy atom. The first kappa shape index (κ1) is 20.7. The summed E-state index contributed by atoms with van der Waals surface area (Å²) in [4.78, 5) is 26.4. The molecule has 0 unspecified atom stereocenters. The Labute approximate surface area is 176 Å². The predicted octanol–water partition coefficient (Wildman–Crippen LogP) is 4.87. The molecule has 30 heavy (non-hydrogen) atoms. The van der Waals surface area contributed by atoms with Crippen molar-refractivity contribution in [1.29, 1.82) is 5.26 Å². The van der Waals surface area contributed by atoms with E-state index in [4.69, 9.17) is 4.74 Å². The highest BCUT2D eigenvalue weighted by atomic mass is 32.1. The smallest absolute Gasteiger partial charge is 0.338 e. The average Bonchev–Trinajstić information content (AvgIpc) is 3.25. The first-order chi connectivity index (χ1) is 14.5. The maximum atomic E-state index is 11.7. The fourth-order valence-corrected chi connectivity index (χ4v) is 3.29. The van der Waals surface area contributed by atoms with Crippen molar-refractivity contribution in [2.24, 2.45) is 0 Å². The number of thiazole rings is 1. The van der Waals surface area contributed by atoms with Gasteiger partial charge in [0, 0.05) is 35.0 Å². The monoisotopic (exact) mass is 420 g/mol. The molecule has 0 fully saturated rings. The van der Waals surface area contributed by atoms with Gasteiger partial charge in [-0.05, 0) is 43.3 Å². The molecule has 0 radical (unpaired) electrons. The van der Waals surface area contributed by atoms with Crippen molar-refractivity contribution < 1.29 is 14.5 Å². The number of ether oxygens (including phenoxy) is 1. The molecule has 3 aromatic rings. The molecule has 2 aromatic carbocycles. The fraction of sp³-hybridized carbons (Fsp3) is 0.0952. The minimum Gasteiger partial charge on any atom is -0.462 e. The first-order valence-electron chi connectivity index (χ1n) is 8.86. The Bertz CT molecular complexity index is 1130. The van der Waals surface area contributed by atoms with Crippen LogP contribution in [0, 0.1) is 21.4 Å². The number of rotatable bonds is 7. The molecule has 1 aromatic heterocycles. The van der Waals surface area contributed by atoms with Crippen LogP contribution >= 0.6 is 11.3 Å². The normalized spacial score (nSPS) is 10.9. The highest BCUT2D eigenvalue weighted by molar-refractivity contribution is 7.11. The lowest BCUT2D eigenvalue weighted by Crippen LogP contribution is -2.04. The van der Waals surface area contributed by atoms with Gasteiger partial charge < -0.3 is 10.1 Å². The quantitative estimate of drug-likeness (QED) is 0.251. The van der Waals surface area contributed by atoms with Gasteiger partial charge in [-0.1, -0.05) is 0 Å². The van der Waals surface area contributed by atoms with Gasteiger partial charge in [-0.15, -0.1) is 11.3 Å². The third-order valence-corrected chi connectivity index (χ3v) is 4.88. The largest absolute Gasteiger partial charge is 0.462 e. The maximum absolute atomic E-state index is 11.7. The van der Waals surface area contributed by atoms with E-state index in [1.807, 2.05) is 0 Å². The second-order valence-electron chi connectivity index (χ2n) is 5.95. The van der Waals surface area contributed by atoms with Gasteiger partial charge in [0.2, 0.25) is 0 Å². The molecule has 0 aliphatic heterocycles. The second-order valence-corrected chi connectivity index (χ2v) is 6.81. The number of anilines is 1. The van der Waals surface area contributed by atoms with Crippen LogP contribution in [0.4, 0.5) is 11.4 Å². The number of non-ortho nitro benzene ring substituents is 1. The van der Waals surface area contributed by atoms with Crippen LogP contribution in [0.2, 0.25) is 0 Å². The predicted molar refractivity (Wildman–Crippen MR) is 114 cm³/mol. The number of nitro benzene ring substituents is 1. The number of allylic oxidation sites excluding steroid dienone is 1. The zero-order chi connectivity index (χ0) is 21.5. The molecule has 0 spiro atoms. The maximum Gasteiger partial charge on any atom is 0.338 e. The van der Waals surface area contributed by atoms with E-state index in [0.29, 0.717) is 34.1 Å². The van der Waals surface area contributed by atoms with Gasteiger partial charge in [0.05, 0.1) is 22.8 Å². The Kier molecular flexibility index (Phi) is 6.52. The van der Waals surface area contributed by atoms with Crippen molar-refractivity contribution >= 4 is 34.3 Å². The number of aromatic nitrogens is 1. The van der Waals surface area contributed by atoms with Gasteiger partial charge in [-0.2, -0.15) is 5.26 Å². The summed E-state index contributed by atoms with van der Waals surface area (Å²) in [5, 5.41) is 25.6. The molecular formula is C21H16N4O4S. The van der Waals surface area contributed by atoms with Crippen molar-refractivity contribution in [2.75, 3.05) is 11.9 Å².